The average molecular weight is 509 g/mol. The summed E-state index contributed by atoms with van der Waals surface area (Å²) in [4.78, 5) is 12.3. The van der Waals surface area contributed by atoms with E-state index in [-0.39, 0.29) is 25.1 Å². The number of esters is 1. The molecular weight excluding hydrogens is 460 g/mol. The van der Waals surface area contributed by atoms with Gasteiger partial charge in [-0.05, 0) is 44.9 Å². The van der Waals surface area contributed by atoms with Gasteiger partial charge in [0.15, 0.2) is 6.29 Å². The van der Waals surface area contributed by atoms with Crippen molar-refractivity contribution in [1.29, 1.82) is 0 Å². The Labute approximate surface area is 209 Å². The highest BCUT2D eigenvalue weighted by atomic mass is 16.7. The summed E-state index contributed by atoms with van der Waals surface area (Å²) in [5.74, 6) is -0.353. The van der Waals surface area contributed by atoms with E-state index in [1.807, 2.05) is 6.92 Å². The fourth-order valence-electron chi connectivity index (χ4n) is 4.05. The van der Waals surface area contributed by atoms with Crippen molar-refractivity contribution >= 4 is 5.97 Å². The molecule has 1 aliphatic heterocycles. The van der Waals surface area contributed by atoms with Crippen molar-refractivity contribution in [2.75, 3.05) is 13.2 Å². The molecule has 208 valence electrons. The molecule has 10 heteroatoms. The van der Waals surface area contributed by atoms with Crippen molar-refractivity contribution in [2.24, 2.45) is 0 Å². The third-order valence-electron chi connectivity index (χ3n) is 6.46. The summed E-state index contributed by atoms with van der Waals surface area (Å²) in [6.45, 7) is 3.49. The molecule has 0 spiro atoms. The minimum atomic E-state index is -1.52. The summed E-state index contributed by atoms with van der Waals surface area (Å²) in [6, 6.07) is 0. The van der Waals surface area contributed by atoms with E-state index in [1.54, 1.807) is 0 Å². The number of ether oxygens (including phenoxy) is 3. The Balaban J connectivity index is 2.53. The van der Waals surface area contributed by atoms with Gasteiger partial charge in [0.05, 0.1) is 25.4 Å². The zero-order chi connectivity index (χ0) is 26.2. The molecule has 35 heavy (non-hydrogen) atoms. The number of aliphatic hydroxyl groups excluding tert-OH is 6. The van der Waals surface area contributed by atoms with E-state index in [0.717, 1.165) is 32.1 Å². The van der Waals surface area contributed by atoms with Gasteiger partial charge in [-0.25, -0.2) is 0 Å². The van der Waals surface area contributed by atoms with Crippen LogP contribution < -0.4 is 0 Å². The van der Waals surface area contributed by atoms with E-state index in [1.165, 1.54) is 0 Å². The van der Waals surface area contributed by atoms with Gasteiger partial charge in [-0.15, -0.1) is 0 Å². The van der Waals surface area contributed by atoms with Crippen LogP contribution in [0.5, 0.6) is 0 Å². The second kappa shape index (κ2) is 18.4. The number of aliphatic hydroxyl groups is 6. The Hall–Kier alpha value is -0.850. The van der Waals surface area contributed by atoms with Gasteiger partial charge in [0.25, 0.3) is 0 Å². The highest BCUT2D eigenvalue weighted by Crippen LogP contribution is 2.23. The highest BCUT2D eigenvalue weighted by molar-refractivity contribution is 5.69. The first-order valence-corrected chi connectivity index (χ1v) is 13.2. The Morgan fingerprint density at radius 1 is 0.857 bits per heavy atom. The fourth-order valence-corrected chi connectivity index (χ4v) is 4.05. The van der Waals surface area contributed by atoms with Crippen LogP contribution in [0.3, 0.4) is 0 Å². The summed E-state index contributed by atoms with van der Waals surface area (Å²) in [6.07, 6.45) is -0.0325. The van der Waals surface area contributed by atoms with Crippen LogP contribution >= 0.6 is 0 Å². The lowest BCUT2D eigenvalue weighted by molar-refractivity contribution is -0.301. The van der Waals surface area contributed by atoms with Crippen molar-refractivity contribution in [1.82, 2.24) is 0 Å². The van der Waals surface area contributed by atoms with Gasteiger partial charge in [-0.3, -0.25) is 4.79 Å². The first-order chi connectivity index (χ1) is 16.7. The molecule has 1 aliphatic rings. The van der Waals surface area contributed by atoms with Crippen LogP contribution in [0.4, 0.5) is 0 Å². The van der Waals surface area contributed by atoms with Crippen molar-refractivity contribution < 1.29 is 49.6 Å². The van der Waals surface area contributed by atoms with E-state index < -0.39 is 49.5 Å². The number of hydrogen-bond donors (Lipinski definition) is 6. The summed E-state index contributed by atoms with van der Waals surface area (Å²) >= 11 is 0. The van der Waals surface area contributed by atoms with Crippen LogP contribution in [0, 0.1) is 0 Å². The number of carbonyl (C=O) groups excluding carboxylic acids is 1. The van der Waals surface area contributed by atoms with Crippen LogP contribution in [0.15, 0.2) is 0 Å². The quantitative estimate of drug-likeness (QED) is 0.110. The van der Waals surface area contributed by atoms with Gasteiger partial charge in [0, 0.05) is 12.8 Å². The molecule has 0 saturated carbocycles. The van der Waals surface area contributed by atoms with Gasteiger partial charge in [-0.2, -0.15) is 0 Å². The Morgan fingerprint density at radius 2 is 1.51 bits per heavy atom. The summed E-state index contributed by atoms with van der Waals surface area (Å²) in [5.41, 5.74) is 0. The van der Waals surface area contributed by atoms with Gasteiger partial charge < -0.3 is 44.8 Å². The maximum Gasteiger partial charge on any atom is 0.306 e. The van der Waals surface area contributed by atoms with E-state index in [0.29, 0.717) is 38.5 Å². The van der Waals surface area contributed by atoms with Crippen molar-refractivity contribution in [3.05, 3.63) is 0 Å². The molecule has 0 amide bonds. The van der Waals surface area contributed by atoms with E-state index >= 15 is 0 Å². The summed E-state index contributed by atoms with van der Waals surface area (Å²) in [5, 5.41) is 58.9. The molecule has 0 aromatic carbocycles. The smallest absolute Gasteiger partial charge is 0.306 e. The summed E-state index contributed by atoms with van der Waals surface area (Å²) < 4.78 is 16.5. The van der Waals surface area contributed by atoms with Crippen molar-refractivity contribution in [3.63, 3.8) is 0 Å². The van der Waals surface area contributed by atoms with Crippen LogP contribution in [0.25, 0.3) is 0 Å². The lowest BCUT2D eigenvalue weighted by Crippen LogP contribution is -2.59. The second-order valence-electron chi connectivity index (χ2n) is 9.50. The van der Waals surface area contributed by atoms with Crippen LogP contribution in [0.2, 0.25) is 0 Å². The molecule has 1 rings (SSSR count). The first kappa shape index (κ1) is 32.2. The Bertz CT molecular complexity index is 546. The summed E-state index contributed by atoms with van der Waals surface area (Å²) in [7, 11) is 0. The minimum Gasteiger partial charge on any atom is -0.462 e. The molecule has 0 radical (unpaired) electrons. The fraction of sp³-hybridized carbons (Fsp3) is 0.960. The molecule has 1 saturated heterocycles. The lowest BCUT2D eigenvalue weighted by Gasteiger charge is -2.39. The molecule has 10 nitrogen and oxygen atoms in total. The molecule has 1 heterocycles. The van der Waals surface area contributed by atoms with E-state index in [2.05, 4.69) is 6.92 Å². The van der Waals surface area contributed by atoms with Gasteiger partial charge in [0.1, 0.15) is 30.5 Å². The molecule has 8 atom stereocenters. The largest absolute Gasteiger partial charge is 0.462 e. The van der Waals surface area contributed by atoms with Crippen molar-refractivity contribution in [3.8, 4) is 0 Å². The predicted octanol–water partition coefficient (Wildman–Crippen LogP) is 1.16. The number of carbonyl (C=O) groups is 1. The third kappa shape index (κ3) is 12.8. The molecular formula is C25H48O10. The Kier molecular flexibility index (Phi) is 16.9. The molecule has 0 bridgehead atoms. The lowest BCUT2D eigenvalue weighted by atomic mass is 9.99. The number of hydrogen-bond acceptors (Lipinski definition) is 10. The molecule has 6 N–H and O–H groups in total. The molecule has 0 aromatic rings. The molecule has 8 unspecified atom stereocenters. The average Bonchev–Trinajstić information content (AvgIpc) is 2.84. The van der Waals surface area contributed by atoms with Crippen LogP contribution in [0.1, 0.15) is 90.9 Å². The van der Waals surface area contributed by atoms with Gasteiger partial charge >= 0.3 is 5.97 Å². The number of rotatable bonds is 19. The van der Waals surface area contributed by atoms with Gasteiger partial charge in [0.2, 0.25) is 0 Å². The highest BCUT2D eigenvalue weighted by Gasteiger charge is 2.44. The standard InChI is InChI=1S/C25H48O10/c1-3-5-9-18(28)10-6-7-12-19(34-21(29)13-8-11-17(27)4-2)14-15-33-25-24(32)23(31)22(30)20(16-26)35-25/h17-20,22-28,30-32H,3-16H2,1-2H3. The van der Waals surface area contributed by atoms with E-state index in [4.69, 9.17) is 14.2 Å². The van der Waals surface area contributed by atoms with E-state index in [9.17, 15) is 35.4 Å². The van der Waals surface area contributed by atoms with Crippen molar-refractivity contribution in [2.45, 2.75) is 140 Å². The number of unbranched alkanes of at least 4 members (excludes halogenated alkanes) is 2. The zero-order valence-corrected chi connectivity index (χ0v) is 21.3. The topological polar surface area (TPSA) is 166 Å². The third-order valence-corrected chi connectivity index (χ3v) is 6.46. The SMILES string of the molecule is CCCCC(O)CCCCC(CCOC1OC(CO)C(O)C(O)C1O)OC(=O)CCCC(O)CC. The molecule has 0 aromatic heterocycles. The maximum atomic E-state index is 12.3. The zero-order valence-electron chi connectivity index (χ0n) is 21.3. The Morgan fingerprint density at radius 3 is 2.17 bits per heavy atom. The van der Waals surface area contributed by atoms with Crippen LogP contribution in [-0.4, -0.2) is 98.8 Å². The molecule has 1 fully saturated rings. The first-order valence-electron chi connectivity index (χ1n) is 13.2. The monoisotopic (exact) mass is 508 g/mol. The minimum absolute atomic E-state index is 0.0638. The predicted molar refractivity (Wildman–Crippen MR) is 128 cm³/mol. The van der Waals surface area contributed by atoms with Gasteiger partial charge in [-0.1, -0.05) is 33.1 Å². The maximum absolute atomic E-state index is 12.3. The normalized spacial score (nSPS) is 27.4. The second-order valence-corrected chi connectivity index (χ2v) is 9.50. The molecule has 0 aliphatic carbocycles. The van der Waals surface area contributed by atoms with Crippen LogP contribution in [-0.2, 0) is 19.0 Å².